The van der Waals surface area contributed by atoms with Gasteiger partial charge in [-0.25, -0.2) is 0 Å². The van der Waals surface area contributed by atoms with Crippen molar-refractivity contribution in [3.63, 3.8) is 0 Å². The minimum atomic E-state index is -1.60. The predicted molar refractivity (Wildman–Crippen MR) is 99.0 cm³/mol. The SMILES string of the molecule is C=C1CO[C@@H]2Oc3ccc(CCC(=O)O)c(O[C@H]4O[C@H](CO)[C@@H](O)[C@H](O)[C@H]4O)c3[C@H]12. The van der Waals surface area contributed by atoms with Crippen molar-refractivity contribution in [2.45, 2.75) is 55.8 Å². The molecule has 2 saturated heterocycles. The van der Waals surface area contributed by atoms with E-state index in [9.17, 15) is 25.2 Å². The minimum Gasteiger partial charge on any atom is -0.481 e. The molecule has 10 heteroatoms. The standard InChI is InChI=1S/C20H24O10/c1-8-7-27-19-13(8)14-10(28-19)4-2-9(3-5-12(22)23)18(14)30-20-17(26)16(25)15(24)11(6-21)29-20/h2,4,11,13,15-17,19-21,24-26H,1,3,5-7H2,(H,22,23)/t11-,13+,15-,16+,17-,19-,20-/m1/s1. The van der Waals surface area contributed by atoms with Crippen LogP contribution in [0.3, 0.4) is 0 Å². The van der Waals surface area contributed by atoms with Crippen molar-refractivity contribution >= 4 is 5.97 Å². The molecule has 3 heterocycles. The number of carboxylic acids is 1. The molecule has 3 aliphatic heterocycles. The van der Waals surface area contributed by atoms with Crippen molar-refractivity contribution in [2.75, 3.05) is 13.2 Å². The van der Waals surface area contributed by atoms with Crippen LogP contribution in [-0.2, 0) is 20.7 Å². The van der Waals surface area contributed by atoms with Crippen molar-refractivity contribution in [1.82, 2.24) is 0 Å². The molecule has 0 saturated carbocycles. The number of aliphatic carboxylic acids is 1. The van der Waals surface area contributed by atoms with Gasteiger partial charge < -0.3 is 44.5 Å². The fourth-order valence-electron chi connectivity index (χ4n) is 4.02. The van der Waals surface area contributed by atoms with Crippen LogP contribution in [0.25, 0.3) is 0 Å². The van der Waals surface area contributed by atoms with Crippen LogP contribution >= 0.6 is 0 Å². The number of aryl methyl sites for hydroxylation is 1. The summed E-state index contributed by atoms with van der Waals surface area (Å²) < 4.78 is 22.8. The fourth-order valence-corrected chi connectivity index (χ4v) is 4.02. The highest BCUT2D eigenvalue weighted by atomic mass is 16.7. The highest BCUT2D eigenvalue weighted by Crippen LogP contribution is 2.52. The molecule has 10 nitrogen and oxygen atoms in total. The van der Waals surface area contributed by atoms with Gasteiger partial charge in [-0.15, -0.1) is 0 Å². The smallest absolute Gasteiger partial charge is 0.303 e. The molecule has 0 radical (unpaired) electrons. The summed E-state index contributed by atoms with van der Waals surface area (Å²) >= 11 is 0. The lowest BCUT2D eigenvalue weighted by atomic mass is 9.91. The van der Waals surface area contributed by atoms with Crippen molar-refractivity contribution in [3.8, 4) is 11.5 Å². The Morgan fingerprint density at radius 3 is 2.67 bits per heavy atom. The van der Waals surface area contributed by atoms with Gasteiger partial charge in [0.25, 0.3) is 0 Å². The Hall–Kier alpha value is -2.21. The Kier molecular flexibility index (Phi) is 5.71. The van der Waals surface area contributed by atoms with E-state index in [4.69, 9.17) is 24.1 Å². The molecular formula is C20H24O10. The molecule has 4 rings (SSSR count). The van der Waals surface area contributed by atoms with Crippen LogP contribution in [0.4, 0.5) is 0 Å². The molecule has 0 spiro atoms. The monoisotopic (exact) mass is 424 g/mol. The average Bonchev–Trinajstić information content (AvgIpc) is 3.26. The van der Waals surface area contributed by atoms with E-state index < -0.39 is 49.6 Å². The second-order valence-corrected chi connectivity index (χ2v) is 7.61. The third-order valence-corrected chi connectivity index (χ3v) is 5.63. The van der Waals surface area contributed by atoms with Crippen LogP contribution in [0.2, 0.25) is 0 Å². The maximum Gasteiger partial charge on any atom is 0.303 e. The molecule has 7 atom stereocenters. The molecule has 1 aromatic rings. The lowest BCUT2D eigenvalue weighted by molar-refractivity contribution is -0.277. The largest absolute Gasteiger partial charge is 0.481 e. The van der Waals surface area contributed by atoms with Gasteiger partial charge in [0.15, 0.2) is 0 Å². The number of aliphatic hydroxyl groups excluding tert-OH is 4. The van der Waals surface area contributed by atoms with Crippen molar-refractivity contribution in [2.24, 2.45) is 0 Å². The number of aliphatic hydroxyl groups is 4. The van der Waals surface area contributed by atoms with E-state index in [1.54, 1.807) is 12.1 Å². The van der Waals surface area contributed by atoms with Gasteiger partial charge in [-0.3, -0.25) is 4.79 Å². The number of hydrogen-bond donors (Lipinski definition) is 5. The Labute approximate surface area is 171 Å². The molecule has 164 valence electrons. The molecular weight excluding hydrogens is 400 g/mol. The average molecular weight is 424 g/mol. The van der Waals surface area contributed by atoms with E-state index in [0.717, 1.165) is 5.57 Å². The van der Waals surface area contributed by atoms with Gasteiger partial charge in [0.2, 0.25) is 12.6 Å². The highest BCUT2D eigenvalue weighted by molar-refractivity contribution is 5.68. The zero-order valence-corrected chi connectivity index (χ0v) is 16.0. The zero-order chi connectivity index (χ0) is 21.6. The fraction of sp³-hybridized carbons (Fsp3) is 0.550. The van der Waals surface area contributed by atoms with Crippen molar-refractivity contribution in [1.29, 1.82) is 0 Å². The van der Waals surface area contributed by atoms with Crippen molar-refractivity contribution < 1.29 is 49.3 Å². The molecule has 0 aromatic heterocycles. The topological polar surface area (TPSA) is 155 Å². The maximum absolute atomic E-state index is 11.1. The molecule has 1 aromatic carbocycles. The number of carboxylic acid groups (broad SMARTS) is 1. The van der Waals surface area contributed by atoms with E-state index >= 15 is 0 Å². The van der Waals surface area contributed by atoms with Gasteiger partial charge in [-0.1, -0.05) is 12.6 Å². The predicted octanol–water partition coefficient (Wildman–Crippen LogP) is -0.729. The second kappa shape index (κ2) is 8.14. The number of ether oxygens (including phenoxy) is 4. The quantitative estimate of drug-likeness (QED) is 0.369. The molecule has 0 amide bonds. The van der Waals surface area contributed by atoms with Crippen LogP contribution in [0.15, 0.2) is 24.3 Å². The summed E-state index contributed by atoms with van der Waals surface area (Å²) in [5.41, 5.74) is 1.90. The summed E-state index contributed by atoms with van der Waals surface area (Å²) in [6, 6.07) is 3.35. The zero-order valence-electron chi connectivity index (χ0n) is 16.0. The van der Waals surface area contributed by atoms with Crippen LogP contribution in [0.5, 0.6) is 11.5 Å². The van der Waals surface area contributed by atoms with Crippen LogP contribution in [-0.4, -0.2) is 81.7 Å². The summed E-state index contributed by atoms with van der Waals surface area (Å²) in [6.45, 7) is 3.71. The molecule has 0 aliphatic carbocycles. The maximum atomic E-state index is 11.1. The first-order valence-corrected chi connectivity index (χ1v) is 9.62. The summed E-state index contributed by atoms with van der Waals surface area (Å²) in [7, 11) is 0. The molecule has 3 aliphatic rings. The Balaban J connectivity index is 1.71. The van der Waals surface area contributed by atoms with Crippen LogP contribution in [0.1, 0.15) is 23.5 Å². The van der Waals surface area contributed by atoms with Crippen LogP contribution in [0, 0.1) is 0 Å². The van der Waals surface area contributed by atoms with Gasteiger partial charge in [0.1, 0.15) is 35.9 Å². The first-order chi connectivity index (χ1) is 14.3. The van der Waals surface area contributed by atoms with E-state index in [-0.39, 0.29) is 24.5 Å². The lowest BCUT2D eigenvalue weighted by Crippen LogP contribution is -2.60. The van der Waals surface area contributed by atoms with Gasteiger partial charge in [-0.05, 0) is 23.6 Å². The van der Waals surface area contributed by atoms with E-state index in [0.29, 0.717) is 23.5 Å². The van der Waals surface area contributed by atoms with Crippen LogP contribution < -0.4 is 9.47 Å². The van der Waals surface area contributed by atoms with Gasteiger partial charge in [0.05, 0.1) is 24.7 Å². The number of rotatable bonds is 6. The molecule has 0 bridgehead atoms. The highest BCUT2D eigenvalue weighted by Gasteiger charge is 2.48. The molecule has 2 fully saturated rings. The van der Waals surface area contributed by atoms with E-state index in [2.05, 4.69) is 6.58 Å². The first kappa shape index (κ1) is 21.0. The molecule has 0 unspecified atom stereocenters. The Bertz CT molecular complexity index is 837. The minimum absolute atomic E-state index is 0.139. The van der Waals surface area contributed by atoms with Crippen molar-refractivity contribution in [3.05, 3.63) is 35.4 Å². The Morgan fingerprint density at radius 2 is 1.97 bits per heavy atom. The second-order valence-electron chi connectivity index (χ2n) is 7.61. The third kappa shape index (κ3) is 3.55. The number of fused-ring (bicyclic) bond motifs is 3. The Morgan fingerprint density at radius 1 is 1.20 bits per heavy atom. The summed E-state index contributed by atoms with van der Waals surface area (Å²) in [6.07, 6.45) is -7.88. The summed E-state index contributed by atoms with van der Waals surface area (Å²) in [4.78, 5) is 11.1. The van der Waals surface area contributed by atoms with E-state index in [1.165, 1.54) is 0 Å². The van der Waals surface area contributed by atoms with Gasteiger partial charge in [0, 0.05) is 6.42 Å². The number of carbonyl (C=O) groups is 1. The number of benzene rings is 1. The summed E-state index contributed by atoms with van der Waals surface area (Å²) in [5, 5.41) is 48.9. The van der Waals surface area contributed by atoms with E-state index in [1.807, 2.05) is 0 Å². The van der Waals surface area contributed by atoms with Gasteiger partial charge >= 0.3 is 5.97 Å². The number of hydrogen-bond acceptors (Lipinski definition) is 9. The molecule has 5 N–H and O–H groups in total. The summed E-state index contributed by atoms with van der Waals surface area (Å²) in [5.74, 6) is -0.608. The lowest BCUT2D eigenvalue weighted by Gasteiger charge is -2.40. The van der Waals surface area contributed by atoms with Gasteiger partial charge in [-0.2, -0.15) is 0 Å². The normalized spacial score (nSPS) is 34.9. The molecule has 30 heavy (non-hydrogen) atoms. The third-order valence-electron chi connectivity index (χ3n) is 5.63. The first-order valence-electron chi connectivity index (χ1n) is 9.62.